The molecule has 1 saturated heterocycles. The van der Waals surface area contributed by atoms with Crippen LogP contribution in [0.3, 0.4) is 0 Å². The molecule has 0 radical (unpaired) electrons. The quantitative estimate of drug-likeness (QED) is 0.625. The number of rotatable bonds is 8. The van der Waals surface area contributed by atoms with Crippen molar-refractivity contribution in [2.45, 2.75) is 60.4 Å². The van der Waals surface area contributed by atoms with Gasteiger partial charge in [-0.2, -0.15) is 0 Å². The molecule has 0 saturated carbocycles. The van der Waals surface area contributed by atoms with E-state index in [1.54, 1.807) is 0 Å². The maximum Gasteiger partial charge on any atom is 0.173 e. The van der Waals surface area contributed by atoms with Gasteiger partial charge >= 0.3 is 0 Å². The molecule has 0 aromatic heterocycles. The predicted molar refractivity (Wildman–Crippen MR) is 102 cm³/mol. The Morgan fingerprint density at radius 1 is 1.30 bits per heavy atom. The molecule has 0 amide bonds. The molecule has 0 aromatic rings. The van der Waals surface area contributed by atoms with Crippen molar-refractivity contribution in [3.05, 3.63) is 23.8 Å². The van der Waals surface area contributed by atoms with Crippen molar-refractivity contribution in [2.75, 3.05) is 32.8 Å². The summed E-state index contributed by atoms with van der Waals surface area (Å²) in [5.41, 5.74) is 1.22. The smallest absolute Gasteiger partial charge is 0.173 e. The van der Waals surface area contributed by atoms with E-state index in [1.807, 2.05) is 25.1 Å². The van der Waals surface area contributed by atoms with Gasteiger partial charge in [-0.1, -0.05) is 45.9 Å². The van der Waals surface area contributed by atoms with E-state index in [0.717, 1.165) is 32.5 Å². The molecule has 5 heteroatoms. The van der Waals surface area contributed by atoms with Crippen LogP contribution in [-0.2, 0) is 15.9 Å². The Kier molecular flexibility index (Phi) is 13.6. The number of allylic oxidation sites excluding steroid dienone is 2. The van der Waals surface area contributed by atoms with Crippen molar-refractivity contribution >= 4 is 11.2 Å². The Bertz CT molecular complexity index is 377. The first-order valence-electron chi connectivity index (χ1n) is 8.97. The summed E-state index contributed by atoms with van der Waals surface area (Å²) in [6.45, 7) is 16.0. The van der Waals surface area contributed by atoms with Crippen LogP contribution in [0.25, 0.3) is 0 Å². The standard InChI is InChI=1S/C16H30N2O2S.C2H6/c1-5-8-9-16(7-3)14-18(15(4)6-2)21(19)17-10-12-20-13-11-17;1-2/h7-9,15H,5-6,10-14H2,1-4H3;1-2H3/b9-8-,16-7+;/t15-,21?;/m1./s1. The molecule has 23 heavy (non-hydrogen) atoms. The van der Waals surface area contributed by atoms with Crippen LogP contribution in [0.1, 0.15) is 54.4 Å². The third-order valence-corrected chi connectivity index (χ3v) is 5.45. The predicted octanol–water partition coefficient (Wildman–Crippen LogP) is 3.94. The van der Waals surface area contributed by atoms with Crippen molar-refractivity contribution in [1.82, 2.24) is 8.61 Å². The Labute approximate surface area is 146 Å². The summed E-state index contributed by atoms with van der Waals surface area (Å²) >= 11 is -1.09. The van der Waals surface area contributed by atoms with Crippen LogP contribution in [-0.4, -0.2) is 51.7 Å². The van der Waals surface area contributed by atoms with Crippen LogP contribution in [0.15, 0.2) is 23.8 Å². The van der Waals surface area contributed by atoms with Gasteiger partial charge in [0.05, 0.1) is 13.2 Å². The first-order valence-corrected chi connectivity index (χ1v) is 10.0. The minimum atomic E-state index is -1.09. The van der Waals surface area contributed by atoms with E-state index in [1.165, 1.54) is 5.57 Å². The second-order valence-corrected chi connectivity index (χ2v) is 6.73. The second kappa shape index (κ2) is 13.9. The summed E-state index contributed by atoms with van der Waals surface area (Å²) < 4.78 is 22.4. The second-order valence-electron chi connectivity index (χ2n) is 5.28. The Morgan fingerprint density at radius 3 is 2.39 bits per heavy atom. The average Bonchev–Trinajstić information content (AvgIpc) is 2.63. The maximum absolute atomic E-state index is 12.9. The fourth-order valence-electron chi connectivity index (χ4n) is 2.11. The molecule has 0 bridgehead atoms. The van der Waals surface area contributed by atoms with Gasteiger partial charge in [0.25, 0.3) is 0 Å². The topological polar surface area (TPSA) is 32.8 Å². The highest BCUT2D eigenvalue weighted by Gasteiger charge is 2.26. The monoisotopic (exact) mass is 344 g/mol. The van der Waals surface area contributed by atoms with E-state index in [0.29, 0.717) is 19.3 Å². The van der Waals surface area contributed by atoms with Gasteiger partial charge in [-0.3, -0.25) is 0 Å². The zero-order chi connectivity index (χ0) is 17.7. The Morgan fingerprint density at radius 2 is 1.91 bits per heavy atom. The fraction of sp³-hybridized carbons (Fsp3) is 0.778. The van der Waals surface area contributed by atoms with Gasteiger partial charge < -0.3 is 4.74 Å². The lowest BCUT2D eigenvalue weighted by molar-refractivity contribution is 0.0726. The number of hydrogen-bond acceptors (Lipinski definition) is 2. The number of hydrogen-bond donors (Lipinski definition) is 0. The van der Waals surface area contributed by atoms with Crippen molar-refractivity contribution < 1.29 is 8.95 Å². The lowest BCUT2D eigenvalue weighted by Crippen LogP contribution is -2.47. The summed E-state index contributed by atoms with van der Waals surface area (Å²) in [5.74, 6) is 0. The molecule has 1 aliphatic heterocycles. The first-order chi connectivity index (χ1) is 11.1. The normalized spacial score (nSPS) is 19.5. The van der Waals surface area contributed by atoms with E-state index >= 15 is 0 Å². The van der Waals surface area contributed by atoms with Crippen LogP contribution in [0.4, 0.5) is 0 Å². The van der Waals surface area contributed by atoms with Crippen molar-refractivity contribution in [3.63, 3.8) is 0 Å². The molecule has 0 spiro atoms. The summed E-state index contributed by atoms with van der Waals surface area (Å²) in [7, 11) is 0. The Balaban J connectivity index is 0.00000232. The van der Waals surface area contributed by atoms with Gasteiger partial charge in [0.2, 0.25) is 0 Å². The van der Waals surface area contributed by atoms with Crippen LogP contribution < -0.4 is 0 Å². The molecule has 0 aliphatic carbocycles. The average molecular weight is 345 g/mol. The molecule has 2 atom stereocenters. The summed E-state index contributed by atoms with van der Waals surface area (Å²) in [6, 6.07) is 0.290. The van der Waals surface area contributed by atoms with Gasteiger partial charge in [0.15, 0.2) is 11.2 Å². The third-order valence-electron chi connectivity index (χ3n) is 3.75. The molecule has 1 aliphatic rings. The van der Waals surface area contributed by atoms with E-state index in [9.17, 15) is 4.21 Å². The van der Waals surface area contributed by atoms with Gasteiger partial charge in [-0.05, 0) is 32.3 Å². The van der Waals surface area contributed by atoms with Gasteiger partial charge in [0, 0.05) is 25.7 Å². The van der Waals surface area contributed by atoms with Crippen LogP contribution in [0.2, 0.25) is 0 Å². The number of morpholine rings is 1. The molecule has 0 aromatic carbocycles. The highest BCUT2D eigenvalue weighted by molar-refractivity contribution is 7.80. The van der Waals surface area contributed by atoms with Crippen LogP contribution in [0.5, 0.6) is 0 Å². The van der Waals surface area contributed by atoms with Crippen LogP contribution >= 0.6 is 0 Å². The first kappa shape index (κ1) is 22.5. The molecular formula is C18H36N2O2S. The van der Waals surface area contributed by atoms with Gasteiger partial charge in [0.1, 0.15) is 0 Å². The molecule has 1 rings (SSSR count). The molecule has 4 nitrogen and oxygen atoms in total. The zero-order valence-corrected chi connectivity index (χ0v) is 16.7. The molecular weight excluding hydrogens is 308 g/mol. The lowest BCUT2D eigenvalue weighted by atomic mass is 10.2. The SMILES string of the molecule is C/C=C(\C=C/CC)CN([C@H](C)CC)S(=O)N1CCOCC1.CC. The Hall–Kier alpha value is -0.490. The number of ether oxygens (including phenoxy) is 1. The summed E-state index contributed by atoms with van der Waals surface area (Å²) in [4.78, 5) is 0. The molecule has 1 unspecified atom stereocenters. The highest BCUT2D eigenvalue weighted by atomic mass is 32.2. The largest absolute Gasteiger partial charge is 0.379 e. The van der Waals surface area contributed by atoms with Gasteiger partial charge in [-0.15, -0.1) is 0 Å². The van der Waals surface area contributed by atoms with E-state index in [-0.39, 0.29) is 0 Å². The van der Waals surface area contributed by atoms with Crippen molar-refractivity contribution in [2.24, 2.45) is 0 Å². The fourth-order valence-corrected chi connectivity index (χ4v) is 3.58. The third kappa shape index (κ3) is 8.25. The van der Waals surface area contributed by atoms with Gasteiger partial charge in [-0.25, -0.2) is 12.8 Å². The van der Waals surface area contributed by atoms with E-state index < -0.39 is 11.2 Å². The number of nitrogens with zero attached hydrogens (tertiary/aromatic N) is 2. The van der Waals surface area contributed by atoms with E-state index in [4.69, 9.17) is 4.74 Å². The zero-order valence-electron chi connectivity index (χ0n) is 15.9. The van der Waals surface area contributed by atoms with Crippen molar-refractivity contribution in [3.8, 4) is 0 Å². The minimum absolute atomic E-state index is 0.290. The molecule has 136 valence electrons. The highest BCUT2D eigenvalue weighted by Crippen LogP contribution is 2.15. The molecule has 1 fully saturated rings. The summed E-state index contributed by atoms with van der Waals surface area (Å²) in [5, 5.41) is 0. The molecule has 0 N–H and O–H groups in total. The maximum atomic E-state index is 12.9. The lowest BCUT2D eigenvalue weighted by Gasteiger charge is -2.34. The van der Waals surface area contributed by atoms with Crippen LogP contribution in [0, 0.1) is 0 Å². The van der Waals surface area contributed by atoms with E-state index in [2.05, 4.69) is 43.3 Å². The minimum Gasteiger partial charge on any atom is -0.379 e. The molecule has 1 heterocycles. The van der Waals surface area contributed by atoms with Crippen molar-refractivity contribution in [1.29, 1.82) is 0 Å². The summed E-state index contributed by atoms with van der Waals surface area (Å²) in [6.07, 6.45) is 8.42.